The number of rotatable bonds is 4. The third-order valence-electron chi connectivity index (χ3n) is 14.3. The van der Waals surface area contributed by atoms with E-state index in [-0.39, 0.29) is 10.8 Å². The maximum Gasteiger partial charge on any atom is 0.0540 e. The molecule has 12 rings (SSSR count). The highest BCUT2D eigenvalue weighted by Gasteiger charge is 2.56. The molecule has 0 saturated heterocycles. The highest BCUT2D eigenvalue weighted by Crippen LogP contribution is 2.66. The van der Waals surface area contributed by atoms with Crippen LogP contribution in [0.4, 0.5) is 17.1 Å². The van der Waals surface area contributed by atoms with Crippen molar-refractivity contribution in [2.24, 2.45) is 11.8 Å². The summed E-state index contributed by atoms with van der Waals surface area (Å²) in [5.41, 5.74) is 17.7. The van der Waals surface area contributed by atoms with Crippen molar-refractivity contribution in [2.75, 3.05) is 4.90 Å². The summed E-state index contributed by atoms with van der Waals surface area (Å²) < 4.78 is 0. The predicted molar refractivity (Wildman–Crippen MR) is 231 cm³/mol. The van der Waals surface area contributed by atoms with E-state index in [9.17, 15) is 0 Å². The van der Waals surface area contributed by atoms with Gasteiger partial charge in [0, 0.05) is 27.5 Å². The van der Waals surface area contributed by atoms with Gasteiger partial charge in [-0.1, -0.05) is 160 Å². The molecule has 0 aromatic heterocycles. The Hall–Kier alpha value is -5.92. The van der Waals surface area contributed by atoms with E-state index < -0.39 is 0 Å². The lowest BCUT2D eigenvalue weighted by Crippen LogP contribution is -2.32. The molecule has 2 saturated carbocycles. The van der Waals surface area contributed by atoms with Crippen LogP contribution in [0.25, 0.3) is 54.9 Å². The van der Waals surface area contributed by atoms with Gasteiger partial charge in [0.2, 0.25) is 0 Å². The van der Waals surface area contributed by atoms with Crippen LogP contribution in [0.5, 0.6) is 0 Å². The number of anilines is 3. The summed E-state index contributed by atoms with van der Waals surface area (Å²) in [6.45, 7) is 4.81. The highest BCUT2D eigenvalue weighted by atomic mass is 15.1. The molecule has 264 valence electrons. The third-order valence-corrected chi connectivity index (χ3v) is 14.3. The van der Waals surface area contributed by atoms with Crippen molar-refractivity contribution < 1.29 is 0 Å². The lowest BCUT2D eigenvalue weighted by molar-refractivity contribution is 0.327. The van der Waals surface area contributed by atoms with Gasteiger partial charge in [-0.05, 0) is 122 Å². The van der Waals surface area contributed by atoms with Crippen molar-refractivity contribution in [1.29, 1.82) is 0 Å². The summed E-state index contributed by atoms with van der Waals surface area (Å²) >= 11 is 0. The van der Waals surface area contributed by atoms with Crippen molar-refractivity contribution in [2.45, 2.75) is 50.4 Å². The molecule has 1 nitrogen and oxygen atoms in total. The quantitative estimate of drug-likeness (QED) is 0.165. The Kier molecular flexibility index (Phi) is 6.46. The molecule has 3 atom stereocenters. The lowest BCUT2D eigenvalue weighted by Gasteiger charge is -2.37. The third kappa shape index (κ3) is 4.19. The second kappa shape index (κ2) is 11.3. The van der Waals surface area contributed by atoms with Crippen LogP contribution in [0.2, 0.25) is 0 Å². The van der Waals surface area contributed by atoms with E-state index in [1.54, 1.807) is 11.1 Å². The fourth-order valence-corrected chi connectivity index (χ4v) is 12.1. The van der Waals surface area contributed by atoms with Crippen LogP contribution in [0.15, 0.2) is 164 Å². The SMILES string of the molecule is CC1(C)c2ccccc2-c2cccc(-c3ccccc3N(c3ccc4c(c3)C3(CC5CCC3C5)c3ccccc3-4)c3cccc4c3ccc3ccccc34)c21. The number of hydrogen-bond acceptors (Lipinski definition) is 1. The summed E-state index contributed by atoms with van der Waals surface area (Å²) in [6, 6.07) is 62.4. The van der Waals surface area contributed by atoms with Gasteiger partial charge in [-0.15, -0.1) is 0 Å². The molecule has 1 heteroatoms. The zero-order valence-corrected chi connectivity index (χ0v) is 31.5. The molecule has 0 amide bonds. The average molecular weight is 706 g/mol. The first-order valence-corrected chi connectivity index (χ1v) is 20.3. The first-order valence-electron chi connectivity index (χ1n) is 20.3. The zero-order chi connectivity index (χ0) is 36.5. The Morgan fingerprint density at radius 3 is 1.93 bits per heavy atom. The molecule has 0 aliphatic heterocycles. The minimum absolute atomic E-state index is 0.0983. The molecule has 3 unspecified atom stereocenters. The van der Waals surface area contributed by atoms with Gasteiger partial charge in [-0.3, -0.25) is 0 Å². The maximum absolute atomic E-state index is 2.61. The van der Waals surface area contributed by atoms with Crippen LogP contribution < -0.4 is 4.90 Å². The van der Waals surface area contributed by atoms with Crippen LogP contribution in [0.1, 0.15) is 61.8 Å². The van der Waals surface area contributed by atoms with Crippen LogP contribution in [-0.2, 0) is 10.8 Å². The maximum atomic E-state index is 2.61. The molecule has 2 bridgehead atoms. The molecule has 0 heterocycles. The van der Waals surface area contributed by atoms with E-state index in [2.05, 4.69) is 183 Å². The molecule has 8 aromatic carbocycles. The number of para-hydroxylation sites is 1. The summed E-state index contributed by atoms with van der Waals surface area (Å²) in [4.78, 5) is 2.60. The molecule has 0 radical (unpaired) electrons. The van der Waals surface area contributed by atoms with E-state index in [4.69, 9.17) is 0 Å². The molecule has 55 heavy (non-hydrogen) atoms. The second-order valence-corrected chi connectivity index (χ2v) is 17.2. The fraction of sp³-hybridized carbons (Fsp3) is 0.185. The van der Waals surface area contributed by atoms with Gasteiger partial charge < -0.3 is 4.90 Å². The van der Waals surface area contributed by atoms with Gasteiger partial charge in [0.05, 0.1) is 11.4 Å². The molecule has 8 aromatic rings. The van der Waals surface area contributed by atoms with Crippen molar-refractivity contribution >= 4 is 38.6 Å². The van der Waals surface area contributed by atoms with Gasteiger partial charge in [-0.2, -0.15) is 0 Å². The summed E-state index contributed by atoms with van der Waals surface area (Å²) in [5, 5.41) is 5.11. The Bertz CT molecular complexity index is 2890. The van der Waals surface area contributed by atoms with Gasteiger partial charge in [-0.25, -0.2) is 0 Å². The second-order valence-electron chi connectivity index (χ2n) is 17.2. The minimum Gasteiger partial charge on any atom is -0.309 e. The van der Waals surface area contributed by atoms with Crippen LogP contribution in [0, 0.1) is 11.8 Å². The number of fused-ring (bicyclic) bond motifs is 14. The molecule has 4 aliphatic rings. The van der Waals surface area contributed by atoms with Crippen molar-refractivity contribution in [3.05, 3.63) is 186 Å². The predicted octanol–water partition coefficient (Wildman–Crippen LogP) is 14.5. The summed E-state index contributed by atoms with van der Waals surface area (Å²) in [7, 11) is 0. The molecular weight excluding hydrogens is 663 g/mol. The molecule has 2 fully saturated rings. The number of hydrogen-bond donors (Lipinski definition) is 0. The molecular formula is C54H43N. The Morgan fingerprint density at radius 1 is 0.473 bits per heavy atom. The van der Waals surface area contributed by atoms with E-state index in [1.165, 1.54) is 109 Å². The van der Waals surface area contributed by atoms with Gasteiger partial charge in [0.15, 0.2) is 0 Å². The fourth-order valence-electron chi connectivity index (χ4n) is 12.1. The van der Waals surface area contributed by atoms with E-state index in [1.807, 2.05) is 0 Å². The largest absolute Gasteiger partial charge is 0.309 e. The summed E-state index contributed by atoms with van der Waals surface area (Å²) in [5.74, 6) is 1.53. The van der Waals surface area contributed by atoms with Gasteiger partial charge >= 0.3 is 0 Å². The van der Waals surface area contributed by atoms with E-state index in [0.717, 1.165) is 5.92 Å². The Labute approximate surface area is 323 Å². The van der Waals surface area contributed by atoms with Gasteiger partial charge in [0.25, 0.3) is 0 Å². The minimum atomic E-state index is -0.133. The first-order chi connectivity index (χ1) is 27.0. The van der Waals surface area contributed by atoms with Crippen molar-refractivity contribution in [1.82, 2.24) is 0 Å². The first kappa shape index (κ1) is 31.4. The lowest BCUT2D eigenvalue weighted by atomic mass is 9.67. The number of nitrogens with zero attached hydrogens (tertiary/aromatic N) is 1. The smallest absolute Gasteiger partial charge is 0.0540 e. The van der Waals surface area contributed by atoms with Crippen molar-refractivity contribution in [3.8, 4) is 33.4 Å². The standard InChI is InChI=1S/C54H43N/c1-53(2)47-21-8-5-16-41(47)45-19-11-20-46(52(45)53)43-17-7-10-23-50(43)55(51-24-12-18-39-38-14-4-3-13-35(38)26-29-44(39)51)37-28-30-42-40-15-6-9-22-48(40)54(49(42)32-37)33-34-25-27-36(54)31-34/h3-24,26,28-30,32,34,36H,25,27,31,33H2,1-2H3. The highest BCUT2D eigenvalue weighted by molar-refractivity contribution is 6.13. The Balaban J connectivity index is 1.14. The van der Waals surface area contributed by atoms with E-state index >= 15 is 0 Å². The number of benzene rings is 8. The molecule has 1 spiro atoms. The van der Waals surface area contributed by atoms with Crippen molar-refractivity contribution in [3.63, 3.8) is 0 Å². The van der Waals surface area contributed by atoms with E-state index in [0.29, 0.717) is 5.92 Å². The zero-order valence-electron chi connectivity index (χ0n) is 31.5. The average Bonchev–Trinajstić information content (AvgIpc) is 3.98. The molecule has 4 aliphatic carbocycles. The molecule has 0 N–H and O–H groups in total. The van der Waals surface area contributed by atoms with Crippen LogP contribution in [0.3, 0.4) is 0 Å². The topological polar surface area (TPSA) is 3.24 Å². The van der Waals surface area contributed by atoms with Crippen LogP contribution >= 0.6 is 0 Å². The summed E-state index contributed by atoms with van der Waals surface area (Å²) in [6.07, 6.45) is 5.35. The van der Waals surface area contributed by atoms with Crippen LogP contribution in [-0.4, -0.2) is 0 Å². The monoisotopic (exact) mass is 705 g/mol. The van der Waals surface area contributed by atoms with Gasteiger partial charge in [0.1, 0.15) is 0 Å². The Morgan fingerprint density at radius 2 is 1.11 bits per heavy atom. The normalized spacial score (nSPS) is 20.8.